The molecule has 0 aromatic heterocycles. The summed E-state index contributed by atoms with van der Waals surface area (Å²) >= 11 is 0. The monoisotopic (exact) mass is 384 g/mol. The van der Waals surface area contributed by atoms with E-state index in [9.17, 15) is 0 Å². The molecule has 0 saturated heterocycles. The van der Waals surface area contributed by atoms with Gasteiger partial charge in [0.05, 0.1) is 0 Å². The fraction of sp³-hybridized carbons (Fsp3) is 0.448. The molecule has 3 aromatic rings. The van der Waals surface area contributed by atoms with Crippen LogP contribution in [-0.2, 0) is 25.7 Å². The summed E-state index contributed by atoms with van der Waals surface area (Å²) in [5, 5.41) is 2.80. The van der Waals surface area contributed by atoms with Crippen LogP contribution in [0.5, 0.6) is 0 Å². The highest BCUT2D eigenvalue weighted by Crippen LogP contribution is 2.34. The van der Waals surface area contributed by atoms with E-state index in [1.54, 1.807) is 16.7 Å². The summed E-state index contributed by atoms with van der Waals surface area (Å²) in [6, 6.07) is 21.6. The van der Waals surface area contributed by atoms with Gasteiger partial charge in [-0.15, -0.1) is 0 Å². The van der Waals surface area contributed by atoms with Crippen molar-refractivity contribution in [1.82, 2.24) is 0 Å². The molecule has 0 heteroatoms. The van der Waals surface area contributed by atoms with Crippen LogP contribution < -0.4 is 0 Å². The zero-order chi connectivity index (χ0) is 20.1. The molecule has 0 nitrogen and oxygen atoms in total. The Morgan fingerprint density at radius 2 is 1.41 bits per heavy atom. The van der Waals surface area contributed by atoms with E-state index >= 15 is 0 Å². The average Bonchev–Trinajstić information content (AvgIpc) is 2.77. The van der Waals surface area contributed by atoms with E-state index in [2.05, 4.69) is 68.4 Å². The van der Waals surface area contributed by atoms with Crippen molar-refractivity contribution < 1.29 is 0 Å². The van der Waals surface area contributed by atoms with Crippen molar-refractivity contribution in [2.45, 2.75) is 84.0 Å². The second-order valence-electron chi connectivity index (χ2n) is 9.04. The van der Waals surface area contributed by atoms with Gasteiger partial charge in [0.2, 0.25) is 0 Å². The van der Waals surface area contributed by atoms with Gasteiger partial charge in [0.25, 0.3) is 0 Å². The Kier molecular flexibility index (Phi) is 6.70. The minimum absolute atomic E-state index is 0.664. The Morgan fingerprint density at radius 1 is 0.690 bits per heavy atom. The van der Waals surface area contributed by atoms with Crippen molar-refractivity contribution in [3.63, 3.8) is 0 Å². The molecule has 1 aliphatic carbocycles. The maximum Gasteiger partial charge on any atom is -0.0118 e. The number of unbranched alkanes of at least 4 members (excludes halogenated alkanes) is 3. The van der Waals surface area contributed by atoms with Crippen LogP contribution in [0.15, 0.2) is 54.6 Å². The average molecular weight is 385 g/mol. The van der Waals surface area contributed by atoms with E-state index in [0.717, 1.165) is 0 Å². The van der Waals surface area contributed by atoms with Gasteiger partial charge in [-0.2, -0.15) is 0 Å². The largest absolute Gasteiger partial charge is 0.0654 e. The first-order valence-electron chi connectivity index (χ1n) is 11.9. The first kappa shape index (κ1) is 20.2. The summed E-state index contributed by atoms with van der Waals surface area (Å²) in [5.74, 6) is 0.664. The normalized spacial score (nSPS) is 16.1. The van der Waals surface area contributed by atoms with E-state index in [4.69, 9.17) is 0 Å². The zero-order valence-corrected chi connectivity index (χ0v) is 18.3. The first-order valence-corrected chi connectivity index (χ1v) is 11.9. The maximum absolute atomic E-state index is 2.50. The van der Waals surface area contributed by atoms with Crippen molar-refractivity contribution >= 4 is 10.8 Å². The van der Waals surface area contributed by atoms with Crippen molar-refractivity contribution in [3.8, 4) is 0 Å². The zero-order valence-electron chi connectivity index (χ0n) is 18.3. The van der Waals surface area contributed by atoms with Crippen LogP contribution in [0.3, 0.4) is 0 Å². The van der Waals surface area contributed by atoms with Crippen molar-refractivity contribution in [2.75, 3.05) is 0 Å². The topological polar surface area (TPSA) is 0 Å². The van der Waals surface area contributed by atoms with Crippen LogP contribution in [-0.4, -0.2) is 0 Å². The molecule has 0 N–H and O–H groups in total. The molecule has 0 aliphatic heterocycles. The Balaban J connectivity index is 1.47. The quantitative estimate of drug-likeness (QED) is 0.343. The molecular weight excluding hydrogens is 348 g/mol. The lowest BCUT2D eigenvalue weighted by Crippen LogP contribution is -2.13. The number of fused-ring (bicyclic) bond motifs is 2. The second-order valence-corrected chi connectivity index (χ2v) is 9.04. The Hall–Kier alpha value is -2.08. The standard InChI is InChI=1S/C29H36/c1-3-5-7-9-23-11-13-27-21-29(17-15-25(27)19-23)28-16-14-24-18-22(8-6-4-2)10-12-26(24)20-28/h10-14,16,18-20,29H,3-9,15,17,21H2,1-2H3. The van der Waals surface area contributed by atoms with Crippen LogP contribution in [0, 0.1) is 0 Å². The van der Waals surface area contributed by atoms with Gasteiger partial charge in [-0.25, -0.2) is 0 Å². The van der Waals surface area contributed by atoms with Crippen molar-refractivity contribution in [3.05, 3.63) is 82.4 Å². The van der Waals surface area contributed by atoms with E-state index in [0.29, 0.717) is 5.92 Å². The minimum atomic E-state index is 0.664. The molecule has 29 heavy (non-hydrogen) atoms. The molecule has 3 aromatic carbocycles. The molecule has 0 bridgehead atoms. The smallest absolute Gasteiger partial charge is 0.0118 e. The molecule has 0 saturated carbocycles. The lowest BCUT2D eigenvalue weighted by Gasteiger charge is -2.26. The maximum atomic E-state index is 2.50. The fourth-order valence-electron chi connectivity index (χ4n) is 4.93. The molecular formula is C29H36. The van der Waals surface area contributed by atoms with Crippen LogP contribution in [0.2, 0.25) is 0 Å². The van der Waals surface area contributed by atoms with Crippen LogP contribution in [0.25, 0.3) is 10.8 Å². The first-order chi connectivity index (χ1) is 14.3. The summed E-state index contributed by atoms with van der Waals surface area (Å²) in [6.07, 6.45) is 12.7. The predicted octanol–water partition coefficient (Wildman–Crippen LogP) is 8.19. The minimum Gasteiger partial charge on any atom is -0.0654 e. The van der Waals surface area contributed by atoms with E-state index in [1.165, 1.54) is 86.1 Å². The summed E-state index contributed by atoms with van der Waals surface area (Å²) in [7, 11) is 0. The van der Waals surface area contributed by atoms with Gasteiger partial charge in [-0.05, 0) is 89.5 Å². The number of hydrogen-bond acceptors (Lipinski definition) is 0. The molecule has 1 unspecified atom stereocenters. The van der Waals surface area contributed by atoms with Crippen LogP contribution in [0.1, 0.15) is 86.1 Å². The summed E-state index contributed by atoms with van der Waals surface area (Å²) in [4.78, 5) is 0. The molecule has 0 amide bonds. The molecule has 0 heterocycles. The third kappa shape index (κ3) is 4.92. The second kappa shape index (κ2) is 9.61. The molecule has 0 fully saturated rings. The van der Waals surface area contributed by atoms with E-state index < -0.39 is 0 Å². The van der Waals surface area contributed by atoms with Gasteiger partial charge in [-0.1, -0.05) is 87.7 Å². The van der Waals surface area contributed by atoms with Gasteiger partial charge in [0.1, 0.15) is 0 Å². The van der Waals surface area contributed by atoms with Gasteiger partial charge < -0.3 is 0 Å². The highest BCUT2D eigenvalue weighted by molar-refractivity contribution is 5.84. The number of rotatable bonds is 8. The highest BCUT2D eigenvalue weighted by Gasteiger charge is 2.20. The molecule has 4 rings (SSSR count). The Bertz CT molecular complexity index is 949. The van der Waals surface area contributed by atoms with Crippen LogP contribution >= 0.6 is 0 Å². The molecule has 1 atom stereocenters. The highest BCUT2D eigenvalue weighted by atomic mass is 14.2. The number of hydrogen-bond donors (Lipinski definition) is 0. The molecule has 152 valence electrons. The van der Waals surface area contributed by atoms with Gasteiger partial charge in [0.15, 0.2) is 0 Å². The number of aryl methyl sites for hydroxylation is 3. The Labute approximate surface area is 177 Å². The summed E-state index contributed by atoms with van der Waals surface area (Å²) in [5.41, 5.74) is 7.73. The van der Waals surface area contributed by atoms with E-state index in [1.807, 2.05) is 0 Å². The fourth-order valence-corrected chi connectivity index (χ4v) is 4.93. The molecule has 1 aliphatic rings. The van der Waals surface area contributed by atoms with Crippen molar-refractivity contribution in [2.24, 2.45) is 0 Å². The lowest BCUT2D eigenvalue weighted by atomic mass is 9.79. The van der Waals surface area contributed by atoms with Crippen LogP contribution in [0.4, 0.5) is 0 Å². The molecule has 0 spiro atoms. The molecule has 0 radical (unpaired) electrons. The van der Waals surface area contributed by atoms with Gasteiger partial charge in [0, 0.05) is 0 Å². The third-order valence-electron chi connectivity index (χ3n) is 6.79. The SMILES string of the molecule is CCCCCc1ccc2c(c1)CCC(c1ccc3cc(CCCC)ccc3c1)C2. The lowest BCUT2D eigenvalue weighted by molar-refractivity contribution is 0.584. The van der Waals surface area contributed by atoms with Gasteiger partial charge in [-0.3, -0.25) is 0 Å². The third-order valence-corrected chi connectivity index (χ3v) is 6.79. The summed E-state index contributed by atoms with van der Waals surface area (Å²) in [6.45, 7) is 4.55. The number of benzene rings is 3. The van der Waals surface area contributed by atoms with E-state index in [-0.39, 0.29) is 0 Å². The van der Waals surface area contributed by atoms with Crippen molar-refractivity contribution in [1.29, 1.82) is 0 Å². The Morgan fingerprint density at radius 3 is 2.28 bits per heavy atom. The van der Waals surface area contributed by atoms with Gasteiger partial charge >= 0.3 is 0 Å². The summed E-state index contributed by atoms with van der Waals surface area (Å²) < 4.78 is 0. The predicted molar refractivity (Wildman–Crippen MR) is 127 cm³/mol.